The van der Waals surface area contributed by atoms with Gasteiger partial charge in [-0.2, -0.15) is 8.42 Å². The van der Waals surface area contributed by atoms with Crippen molar-refractivity contribution in [3.63, 3.8) is 0 Å². The molecule has 0 heterocycles. The van der Waals surface area contributed by atoms with Crippen LogP contribution in [0.3, 0.4) is 0 Å². The number of benzene rings is 3. The summed E-state index contributed by atoms with van der Waals surface area (Å²) in [5.74, 6) is -1.09. The number of hydrogen-bond acceptors (Lipinski definition) is 7. The van der Waals surface area contributed by atoms with Crippen LogP contribution >= 0.6 is 0 Å². The first-order valence-electron chi connectivity index (χ1n) is 8.43. The molecule has 3 aromatic rings. The second-order valence-corrected chi connectivity index (χ2v) is 7.91. The summed E-state index contributed by atoms with van der Waals surface area (Å²) in [6.45, 7) is 0. The van der Waals surface area contributed by atoms with Crippen molar-refractivity contribution in [3.05, 3.63) is 76.9 Å². The first kappa shape index (κ1) is 22.0. The van der Waals surface area contributed by atoms with Gasteiger partial charge < -0.3 is 16.8 Å². The molecule has 0 aromatic heterocycles. The summed E-state index contributed by atoms with van der Waals surface area (Å²) >= 11 is 0. The van der Waals surface area contributed by atoms with Crippen LogP contribution in [-0.2, 0) is 10.1 Å². The number of nitrogen functional groups attached to an aromatic ring is 2. The van der Waals surface area contributed by atoms with E-state index in [1.165, 1.54) is 12.1 Å². The Morgan fingerprint density at radius 3 is 2.00 bits per heavy atom. The van der Waals surface area contributed by atoms with Gasteiger partial charge in [-0.15, -0.1) is 0 Å². The molecule has 1 aliphatic rings. The van der Waals surface area contributed by atoms with Crippen molar-refractivity contribution < 1.29 is 22.6 Å². The zero-order valence-corrected chi connectivity index (χ0v) is 15.7. The molecule has 0 saturated heterocycles. The van der Waals surface area contributed by atoms with Crippen molar-refractivity contribution in [2.24, 2.45) is 0 Å². The molecule has 8 nitrogen and oxygen atoms in total. The van der Waals surface area contributed by atoms with E-state index in [1.54, 1.807) is 36.4 Å². The minimum absolute atomic E-state index is 0. The molecule has 1 aliphatic carbocycles. The fourth-order valence-corrected chi connectivity index (χ4v) is 4.02. The molecule has 0 atom stereocenters. The third-order valence-electron chi connectivity index (χ3n) is 4.64. The van der Waals surface area contributed by atoms with Crippen LogP contribution in [0.15, 0.2) is 59.5 Å². The minimum atomic E-state index is -4.76. The van der Waals surface area contributed by atoms with Crippen molar-refractivity contribution in [2.45, 2.75) is 4.90 Å². The normalized spacial score (nSPS) is 12.6. The Labute approximate surface area is 194 Å². The maximum absolute atomic E-state index is 13.2. The summed E-state index contributed by atoms with van der Waals surface area (Å²) in [6, 6.07) is 13.7. The predicted octanol–water partition coefficient (Wildman–Crippen LogP) is 1.97. The summed E-state index contributed by atoms with van der Waals surface area (Å²) in [5, 5.41) is 2.91. The number of ketones is 2. The first-order valence-corrected chi connectivity index (χ1v) is 9.87. The number of carbonyl (C=O) groups excluding carboxylic acids is 2. The van der Waals surface area contributed by atoms with E-state index in [4.69, 9.17) is 11.5 Å². The number of hydrogen-bond donors (Lipinski definition) is 4. The Balaban J connectivity index is 0.00000256. The van der Waals surface area contributed by atoms with Gasteiger partial charge in [-0.3, -0.25) is 14.1 Å². The van der Waals surface area contributed by atoms with Crippen molar-refractivity contribution in [1.29, 1.82) is 0 Å². The molecule has 0 spiro atoms. The SMILES string of the molecule is Nc1cccc(Nc2cc(S(=O)(=O)O)c(N)c3c2C(=O)c2ccccc2C3=O)c1.[NaH]. The third kappa shape index (κ3) is 3.62. The molecule has 0 amide bonds. The van der Waals surface area contributed by atoms with Crippen molar-refractivity contribution in [1.82, 2.24) is 0 Å². The monoisotopic (exact) mass is 433 g/mol. The van der Waals surface area contributed by atoms with E-state index >= 15 is 0 Å². The Morgan fingerprint density at radius 1 is 0.833 bits per heavy atom. The fourth-order valence-electron chi connectivity index (χ4n) is 3.38. The molecule has 4 rings (SSSR count). The van der Waals surface area contributed by atoms with Gasteiger partial charge in [-0.05, 0) is 24.3 Å². The predicted molar refractivity (Wildman–Crippen MR) is 115 cm³/mol. The number of fused-ring (bicyclic) bond motifs is 2. The van der Waals surface area contributed by atoms with Gasteiger partial charge in [0, 0.05) is 22.5 Å². The van der Waals surface area contributed by atoms with Crippen LogP contribution in [0, 0.1) is 0 Å². The van der Waals surface area contributed by atoms with E-state index < -0.39 is 32.3 Å². The van der Waals surface area contributed by atoms with Crippen molar-refractivity contribution >= 4 is 74.0 Å². The number of rotatable bonds is 3. The van der Waals surface area contributed by atoms with Gasteiger partial charge in [0.05, 0.1) is 22.5 Å². The van der Waals surface area contributed by atoms with E-state index in [0.29, 0.717) is 11.4 Å². The van der Waals surface area contributed by atoms with E-state index in [1.807, 2.05) is 0 Å². The molecular weight excluding hydrogens is 417 g/mol. The van der Waals surface area contributed by atoms with E-state index in [-0.39, 0.29) is 57.5 Å². The van der Waals surface area contributed by atoms with Crippen LogP contribution in [0.2, 0.25) is 0 Å². The molecule has 0 unspecified atom stereocenters. The van der Waals surface area contributed by atoms with Gasteiger partial charge in [0.1, 0.15) is 4.90 Å². The molecule has 0 radical (unpaired) electrons. The van der Waals surface area contributed by atoms with E-state index in [0.717, 1.165) is 6.07 Å². The maximum atomic E-state index is 13.2. The quantitative estimate of drug-likeness (QED) is 0.217. The summed E-state index contributed by atoms with van der Waals surface area (Å²) in [5.41, 5.74) is 12.1. The van der Waals surface area contributed by atoms with E-state index in [2.05, 4.69) is 5.32 Å². The molecular formula is C20H16N3NaO5S. The summed E-state index contributed by atoms with van der Waals surface area (Å²) in [4.78, 5) is 25.6. The molecule has 30 heavy (non-hydrogen) atoms. The topological polar surface area (TPSA) is 153 Å². The molecule has 0 saturated carbocycles. The van der Waals surface area contributed by atoms with Gasteiger partial charge in [0.15, 0.2) is 11.6 Å². The van der Waals surface area contributed by atoms with Gasteiger partial charge in [0.25, 0.3) is 10.1 Å². The second-order valence-electron chi connectivity index (χ2n) is 6.52. The third-order valence-corrected chi connectivity index (χ3v) is 5.54. The molecule has 0 aliphatic heterocycles. The molecule has 0 bridgehead atoms. The zero-order chi connectivity index (χ0) is 20.9. The molecule has 3 aromatic carbocycles. The van der Waals surface area contributed by atoms with Crippen LogP contribution in [0.5, 0.6) is 0 Å². The van der Waals surface area contributed by atoms with Crippen LogP contribution in [0.1, 0.15) is 31.8 Å². The van der Waals surface area contributed by atoms with Crippen LogP contribution in [0.25, 0.3) is 0 Å². The van der Waals surface area contributed by atoms with Gasteiger partial charge in [-0.1, -0.05) is 30.3 Å². The average Bonchev–Trinajstić information content (AvgIpc) is 2.66. The fraction of sp³-hybridized carbons (Fsp3) is 0. The molecule has 10 heteroatoms. The number of carbonyl (C=O) groups is 2. The average molecular weight is 433 g/mol. The number of nitrogens with one attached hydrogen (secondary N) is 1. The first-order chi connectivity index (χ1) is 13.7. The Hall–Kier alpha value is -2.69. The van der Waals surface area contributed by atoms with Gasteiger partial charge >= 0.3 is 29.6 Å². The van der Waals surface area contributed by atoms with Gasteiger partial charge in [-0.25, -0.2) is 0 Å². The second kappa shape index (κ2) is 7.86. The van der Waals surface area contributed by atoms with Gasteiger partial charge in [0.2, 0.25) is 0 Å². The van der Waals surface area contributed by atoms with Crippen molar-refractivity contribution in [2.75, 3.05) is 16.8 Å². The Morgan fingerprint density at radius 2 is 1.43 bits per heavy atom. The number of nitrogens with two attached hydrogens (primary N) is 2. The van der Waals surface area contributed by atoms with Crippen molar-refractivity contribution in [3.8, 4) is 0 Å². The van der Waals surface area contributed by atoms with Crippen LogP contribution < -0.4 is 16.8 Å². The van der Waals surface area contributed by atoms with Crippen LogP contribution in [-0.4, -0.2) is 54.1 Å². The Kier molecular flexibility index (Phi) is 5.76. The standard InChI is InChI=1S/C20H15N3O5S.Na.H/c21-10-4-3-5-11(8-10)23-14-9-15(29(26,27)28)18(22)17-16(14)19(24)12-6-1-2-7-13(12)20(17)25;;/h1-9,23H,21-22H2,(H,26,27,28);;. The Bertz CT molecular complexity index is 1320. The summed E-state index contributed by atoms with van der Waals surface area (Å²) < 4.78 is 33.3. The number of anilines is 4. The zero-order valence-electron chi connectivity index (χ0n) is 14.8. The van der Waals surface area contributed by atoms with E-state index in [9.17, 15) is 22.6 Å². The molecule has 6 N–H and O–H groups in total. The molecule has 0 fully saturated rings. The summed E-state index contributed by atoms with van der Waals surface area (Å²) in [6.07, 6.45) is 0. The summed E-state index contributed by atoms with van der Waals surface area (Å²) in [7, 11) is -4.76. The van der Waals surface area contributed by atoms with Crippen LogP contribution in [0.4, 0.5) is 22.7 Å². The molecule has 148 valence electrons.